The topological polar surface area (TPSA) is 215 Å². The first-order chi connectivity index (χ1) is 36.2. The van der Waals surface area contributed by atoms with E-state index in [9.17, 15) is 24.9 Å². The van der Waals surface area contributed by atoms with E-state index in [1.54, 1.807) is 41.4 Å². The summed E-state index contributed by atoms with van der Waals surface area (Å²) in [6.45, 7) is 13.1. The second-order valence-corrected chi connectivity index (χ2v) is 23.5. The summed E-state index contributed by atoms with van der Waals surface area (Å²) in [5, 5.41) is 36.4. The number of aliphatic hydroxyl groups is 3. The first kappa shape index (κ1) is 57.9. The molecule has 0 aromatic heterocycles. The molecule has 24 atom stereocenters. The number of hydrogen-bond acceptors (Lipinski definition) is 18. The molecule has 3 N–H and O–H groups in total. The number of ketones is 1. The van der Waals surface area contributed by atoms with Crippen LogP contribution in [0.15, 0.2) is 48.1 Å². The van der Waals surface area contributed by atoms with Crippen molar-refractivity contribution in [2.45, 2.75) is 241 Å². The van der Waals surface area contributed by atoms with Crippen LogP contribution in [-0.4, -0.2) is 177 Å². The van der Waals surface area contributed by atoms with E-state index >= 15 is 0 Å². The highest BCUT2D eigenvalue weighted by Gasteiger charge is 2.77. The van der Waals surface area contributed by atoms with Crippen molar-refractivity contribution in [2.24, 2.45) is 22.7 Å². The van der Waals surface area contributed by atoms with Crippen LogP contribution < -0.4 is 0 Å². The summed E-state index contributed by atoms with van der Waals surface area (Å²) in [4.78, 5) is 26.9. The highest BCUT2D eigenvalue weighted by Crippen LogP contribution is 2.70. The second-order valence-electron chi connectivity index (χ2n) is 23.5. The molecular weight excluding hydrogens is 985 g/mol. The van der Waals surface area contributed by atoms with Crippen LogP contribution in [0.5, 0.6) is 0 Å². The maximum Gasteiger partial charge on any atom is 0.331 e. The monoisotopic (exact) mass is 1070 g/mol. The molecular formula is C58H86O18. The van der Waals surface area contributed by atoms with E-state index in [0.717, 1.165) is 11.1 Å². The predicted octanol–water partition coefficient (Wildman–Crippen LogP) is 6.12. The van der Waals surface area contributed by atoms with Gasteiger partial charge in [0.05, 0.1) is 54.9 Å². The smallest absolute Gasteiger partial charge is 0.331 e. The molecule has 8 aliphatic rings. The molecule has 4 aliphatic carbocycles. The molecule has 0 radical (unpaired) electrons. The SMILES string of the molecule is CO[C@H]1C[C@H](O[C@@H]2[C@@H](C)O[C@@H](O[C@@H]3[C@@H](C)O[C@@H](O[C@H]4[C@@H](OC)C[C@H](O[C@H]5CC[C@@]6(C)C(=CC[C@]7(O)[C@@H]6C[C@@H](OC(=O)/C=C/c6ccccc6)[C@]6(C)[C@H](C(C)=O)CC[C@@]67O)C5)O[C@@H]4C)C[C@H]3OC)C[C@H]2OC)O[C@H](C)[C@H]1O. The van der Waals surface area contributed by atoms with Crippen LogP contribution >= 0.6 is 0 Å². The Bertz CT molecular complexity index is 2210. The van der Waals surface area contributed by atoms with Crippen LogP contribution in [-0.2, 0) is 71.2 Å². The average molecular weight is 1070 g/mol. The van der Waals surface area contributed by atoms with Gasteiger partial charge in [0.2, 0.25) is 0 Å². The third-order valence-electron chi connectivity index (χ3n) is 19.4. The summed E-state index contributed by atoms with van der Waals surface area (Å²) in [6, 6.07) is 9.47. The fourth-order valence-corrected chi connectivity index (χ4v) is 15.1. The van der Waals surface area contributed by atoms with Gasteiger partial charge in [-0.2, -0.15) is 0 Å². The molecule has 1 aromatic carbocycles. The van der Waals surface area contributed by atoms with E-state index < -0.39 is 132 Å². The van der Waals surface area contributed by atoms with Crippen LogP contribution in [0.2, 0.25) is 0 Å². The van der Waals surface area contributed by atoms with E-state index in [4.69, 9.17) is 61.6 Å². The van der Waals surface area contributed by atoms with Gasteiger partial charge in [0.1, 0.15) is 47.5 Å². The number of rotatable bonds is 16. The minimum Gasteiger partial charge on any atom is -0.458 e. The van der Waals surface area contributed by atoms with Crippen molar-refractivity contribution in [3.63, 3.8) is 0 Å². The third kappa shape index (κ3) is 10.8. The number of esters is 1. The summed E-state index contributed by atoms with van der Waals surface area (Å²) in [6.07, 6.45) is 0.840. The quantitative estimate of drug-likeness (QED) is 0.0966. The average Bonchev–Trinajstić information content (AvgIpc) is 3.82. The lowest BCUT2D eigenvalue weighted by Gasteiger charge is -2.66. The van der Waals surface area contributed by atoms with Gasteiger partial charge < -0.3 is 76.9 Å². The van der Waals surface area contributed by atoms with Crippen LogP contribution in [0.25, 0.3) is 6.08 Å². The molecule has 1 aromatic rings. The van der Waals surface area contributed by atoms with E-state index in [1.165, 1.54) is 13.0 Å². The summed E-state index contributed by atoms with van der Waals surface area (Å²) in [7, 11) is 6.52. The van der Waals surface area contributed by atoms with E-state index in [1.807, 2.05) is 58.0 Å². The molecule has 4 aliphatic heterocycles. The van der Waals surface area contributed by atoms with Crippen molar-refractivity contribution >= 4 is 17.8 Å². The van der Waals surface area contributed by atoms with Crippen molar-refractivity contribution in [3.05, 3.63) is 53.6 Å². The molecule has 4 heterocycles. The first-order valence-electron chi connectivity index (χ1n) is 27.8. The lowest BCUT2D eigenvalue weighted by molar-refractivity contribution is -0.347. The Balaban J connectivity index is 0.802. The van der Waals surface area contributed by atoms with Gasteiger partial charge in [-0.25, -0.2) is 4.79 Å². The molecule has 18 nitrogen and oxygen atoms in total. The van der Waals surface area contributed by atoms with Crippen LogP contribution in [0, 0.1) is 22.7 Å². The number of hydrogen-bond donors (Lipinski definition) is 3. The lowest BCUT2D eigenvalue weighted by Crippen LogP contribution is -2.75. The zero-order valence-corrected chi connectivity index (χ0v) is 46.4. The summed E-state index contributed by atoms with van der Waals surface area (Å²) in [5.74, 6) is -1.68. The molecule has 426 valence electrons. The molecule has 0 amide bonds. The fourth-order valence-electron chi connectivity index (χ4n) is 15.1. The molecule has 0 spiro atoms. The molecule has 0 unspecified atom stereocenters. The zero-order chi connectivity index (χ0) is 54.5. The highest BCUT2D eigenvalue weighted by atomic mass is 16.8. The number of carbonyl (C=O) groups is 2. The predicted molar refractivity (Wildman–Crippen MR) is 274 cm³/mol. The van der Waals surface area contributed by atoms with Crippen LogP contribution in [0.3, 0.4) is 0 Å². The van der Waals surface area contributed by atoms with Gasteiger partial charge >= 0.3 is 5.97 Å². The molecule has 76 heavy (non-hydrogen) atoms. The standard InChI is InChI=1S/C58H86O18/c1-31(59)39-21-24-58(63)56(39,7)45(73-46(60)18-17-36-15-13-12-14-16-36)30-44-55(6)22-20-38(25-37(55)19-23-57(44,58)62)72-47-27-41(65-9)52(33(3)69-47)75-49-29-43(67-11)54(35(5)71-49)76-50-28-42(66-10)53(34(4)70-50)74-48-26-40(64-8)51(61)32(2)68-48/h12-19,32-35,38-45,47-54,61-63H,20-30H2,1-11H3/b18-17+/t32-,33-,34-,35-,38+,39+,40+,41+,42-,43-,44-,45-,47+,48+,49+,50+,51-,52-,53-,54-,55+,56+,57+,58-/m1/s1. The van der Waals surface area contributed by atoms with Gasteiger partial charge in [0.25, 0.3) is 0 Å². The molecule has 0 bridgehead atoms. The lowest BCUT2D eigenvalue weighted by atomic mass is 9.43. The van der Waals surface area contributed by atoms with Crippen molar-refractivity contribution in [3.8, 4) is 0 Å². The van der Waals surface area contributed by atoms with Gasteiger partial charge in [-0.05, 0) is 96.6 Å². The summed E-state index contributed by atoms with van der Waals surface area (Å²) in [5.41, 5.74) is -3.00. The highest BCUT2D eigenvalue weighted by molar-refractivity contribution is 5.87. The number of carbonyl (C=O) groups excluding carboxylic acids is 2. The molecule has 18 heteroatoms. The van der Waals surface area contributed by atoms with Gasteiger partial charge in [-0.3, -0.25) is 4.79 Å². The van der Waals surface area contributed by atoms with Crippen molar-refractivity contribution in [1.82, 2.24) is 0 Å². The Morgan fingerprint density at radius 2 is 1.16 bits per heavy atom. The van der Waals surface area contributed by atoms with Gasteiger partial charge in [0, 0.05) is 77.4 Å². The van der Waals surface area contributed by atoms with E-state index in [2.05, 4.69) is 13.0 Å². The zero-order valence-electron chi connectivity index (χ0n) is 46.4. The van der Waals surface area contributed by atoms with E-state index in [-0.39, 0.29) is 36.9 Å². The first-order valence-corrected chi connectivity index (χ1v) is 27.8. The minimum atomic E-state index is -1.68. The number of benzene rings is 1. The van der Waals surface area contributed by atoms with Crippen molar-refractivity contribution in [2.75, 3.05) is 28.4 Å². The molecule has 7 fully saturated rings. The Kier molecular flexibility index (Phi) is 17.8. The second kappa shape index (κ2) is 23.4. The number of fused-ring (bicyclic) bond motifs is 5. The third-order valence-corrected chi connectivity index (χ3v) is 19.4. The fraction of sp³-hybridized carbons (Fsp3) is 0.793. The number of methoxy groups -OCH3 is 4. The molecule has 3 saturated carbocycles. The number of Topliss-reactive ketones (excluding diaryl/α,β-unsaturated/α-hetero) is 1. The van der Waals surface area contributed by atoms with Gasteiger partial charge in [-0.1, -0.05) is 55.8 Å². The molecule has 4 saturated heterocycles. The van der Waals surface area contributed by atoms with Crippen LogP contribution in [0.1, 0.15) is 125 Å². The Morgan fingerprint density at radius 1 is 0.658 bits per heavy atom. The van der Waals surface area contributed by atoms with Gasteiger partial charge in [-0.15, -0.1) is 0 Å². The number of ether oxygens (including phenoxy) is 13. The largest absolute Gasteiger partial charge is 0.458 e. The van der Waals surface area contributed by atoms with Crippen LogP contribution in [0.4, 0.5) is 0 Å². The minimum absolute atomic E-state index is 0.0868. The summed E-state index contributed by atoms with van der Waals surface area (Å²) < 4.78 is 81.8. The van der Waals surface area contributed by atoms with Crippen molar-refractivity contribution in [1.29, 1.82) is 0 Å². The Hall–Kier alpha value is -2.76. The molecule has 9 rings (SSSR count). The van der Waals surface area contributed by atoms with E-state index in [0.29, 0.717) is 57.8 Å². The normalized spacial score (nSPS) is 47.6. The number of aliphatic hydroxyl groups excluding tert-OH is 1. The maximum atomic E-state index is 13.6. The van der Waals surface area contributed by atoms with Crippen molar-refractivity contribution < 1.29 is 86.5 Å². The Labute approximate surface area is 448 Å². The summed E-state index contributed by atoms with van der Waals surface area (Å²) >= 11 is 0. The Morgan fingerprint density at radius 3 is 1.67 bits per heavy atom. The maximum absolute atomic E-state index is 13.6. The van der Waals surface area contributed by atoms with Gasteiger partial charge in [0.15, 0.2) is 25.2 Å².